The summed E-state index contributed by atoms with van der Waals surface area (Å²) in [4.78, 5) is 5.08. The van der Waals surface area contributed by atoms with Crippen molar-refractivity contribution in [1.82, 2.24) is 9.29 Å². The zero-order chi connectivity index (χ0) is 22.8. The summed E-state index contributed by atoms with van der Waals surface area (Å²) >= 11 is 4.95. The van der Waals surface area contributed by atoms with Gasteiger partial charge in [-0.1, -0.05) is 28.1 Å². The molecular weight excluding hydrogens is 520 g/mol. The second kappa shape index (κ2) is 9.38. The van der Waals surface area contributed by atoms with Gasteiger partial charge in [-0.05, 0) is 73.5 Å². The maximum atomic E-state index is 12.9. The van der Waals surface area contributed by atoms with Crippen molar-refractivity contribution >= 4 is 37.3 Å². The largest absolute Gasteiger partial charge is 0.457 e. The van der Waals surface area contributed by atoms with Crippen LogP contribution in [0.25, 0.3) is 21.8 Å². The highest BCUT2D eigenvalue weighted by Crippen LogP contribution is 2.32. The van der Waals surface area contributed by atoms with E-state index in [0.717, 1.165) is 50.6 Å². The Hall–Kier alpha value is -2.52. The molecule has 1 fully saturated rings. The van der Waals surface area contributed by atoms with E-state index in [0.29, 0.717) is 18.0 Å². The molecule has 2 heterocycles. The number of nitrogens with zero attached hydrogens (tertiary/aromatic N) is 2. The van der Waals surface area contributed by atoms with Crippen molar-refractivity contribution in [2.45, 2.75) is 17.7 Å². The SMILES string of the molecule is O=S(=O)(c1cccc(-c2csc(-c3ccc(Oc4ccc(Br)cc4)cc3)n2)c1)N1CCCC1. The molecule has 1 saturated heterocycles. The normalized spacial score (nSPS) is 14.5. The Morgan fingerprint density at radius 3 is 2.24 bits per heavy atom. The first-order valence-corrected chi connectivity index (χ1v) is 13.7. The Morgan fingerprint density at radius 1 is 0.879 bits per heavy atom. The fraction of sp³-hybridized carbons (Fsp3) is 0.160. The van der Waals surface area contributed by atoms with Crippen LogP contribution in [0, 0.1) is 0 Å². The lowest BCUT2D eigenvalue weighted by molar-refractivity contribution is 0.477. The maximum absolute atomic E-state index is 12.9. The Kier molecular flexibility index (Phi) is 6.34. The molecule has 0 N–H and O–H groups in total. The molecule has 168 valence electrons. The van der Waals surface area contributed by atoms with Crippen molar-refractivity contribution in [2.24, 2.45) is 0 Å². The summed E-state index contributed by atoms with van der Waals surface area (Å²) < 4.78 is 34.3. The third-order valence-corrected chi connectivity index (χ3v) is 8.80. The first kappa shape index (κ1) is 22.3. The molecule has 0 unspecified atom stereocenters. The lowest BCUT2D eigenvalue weighted by Crippen LogP contribution is -2.27. The molecule has 0 radical (unpaired) electrons. The van der Waals surface area contributed by atoms with Crippen molar-refractivity contribution < 1.29 is 13.2 Å². The monoisotopic (exact) mass is 540 g/mol. The summed E-state index contributed by atoms with van der Waals surface area (Å²) in [6, 6.07) is 22.5. The molecule has 5 nitrogen and oxygen atoms in total. The van der Waals surface area contributed by atoms with Gasteiger partial charge in [0.15, 0.2) is 0 Å². The van der Waals surface area contributed by atoms with Gasteiger partial charge < -0.3 is 4.74 Å². The van der Waals surface area contributed by atoms with Gasteiger partial charge in [0.2, 0.25) is 10.0 Å². The molecule has 1 aliphatic rings. The summed E-state index contributed by atoms with van der Waals surface area (Å²) in [5.41, 5.74) is 2.55. The van der Waals surface area contributed by atoms with Crippen LogP contribution in [0.15, 0.2) is 87.5 Å². The first-order valence-electron chi connectivity index (χ1n) is 10.6. The van der Waals surface area contributed by atoms with Crippen molar-refractivity contribution in [3.8, 4) is 33.3 Å². The minimum Gasteiger partial charge on any atom is -0.457 e. The summed E-state index contributed by atoms with van der Waals surface area (Å²) in [5, 5.41) is 2.83. The van der Waals surface area contributed by atoms with Crippen molar-refractivity contribution in [3.63, 3.8) is 0 Å². The Morgan fingerprint density at radius 2 is 1.55 bits per heavy atom. The number of thiazole rings is 1. The van der Waals surface area contributed by atoms with Crippen LogP contribution >= 0.6 is 27.3 Å². The van der Waals surface area contributed by atoms with Crippen LogP contribution in [-0.4, -0.2) is 30.8 Å². The highest BCUT2D eigenvalue weighted by atomic mass is 79.9. The third kappa shape index (κ3) is 4.89. The number of halogens is 1. The minimum atomic E-state index is -3.46. The number of aromatic nitrogens is 1. The Balaban J connectivity index is 1.34. The minimum absolute atomic E-state index is 0.325. The highest BCUT2D eigenvalue weighted by molar-refractivity contribution is 9.10. The maximum Gasteiger partial charge on any atom is 0.243 e. The average molecular weight is 541 g/mol. The molecule has 0 saturated carbocycles. The van der Waals surface area contributed by atoms with E-state index in [9.17, 15) is 8.42 Å². The van der Waals surface area contributed by atoms with Gasteiger partial charge in [0.05, 0.1) is 10.6 Å². The van der Waals surface area contributed by atoms with Crippen LogP contribution in [0.5, 0.6) is 11.5 Å². The van der Waals surface area contributed by atoms with Crippen LogP contribution in [0.4, 0.5) is 0 Å². The van der Waals surface area contributed by atoms with Gasteiger partial charge in [0.1, 0.15) is 16.5 Å². The summed E-state index contributed by atoms with van der Waals surface area (Å²) in [7, 11) is -3.46. The van der Waals surface area contributed by atoms with E-state index in [4.69, 9.17) is 9.72 Å². The fourth-order valence-electron chi connectivity index (χ4n) is 3.74. The Labute approximate surface area is 205 Å². The number of sulfonamides is 1. The van der Waals surface area contributed by atoms with E-state index in [-0.39, 0.29) is 0 Å². The number of benzene rings is 3. The highest BCUT2D eigenvalue weighted by Gasteiger charge is 2.27. The quantitative estimate of drug-likeness (QED) is 0.269. The van der Waals surface area contributed by atoms with Crippen molar-refractivity contribution in [3.05, 3.63) is 82.6 Å². The second-order valence-electron chi connectivity index (χ2n) is 7.76. The smallest absolute Gasteiger partial charge is 0.243 e. The van der Waals surface area contributed by atoms with Crippen molar-refractivity contribution in [2.75, 3.05) is 13.1 Å². The van der Waals surface area contributed by atoms with Crippen LogP contribution in [0.2, 0.25) is 0 Å². The van der Waals surface area contributed by atoms with Crippen LogP contribution in [0.3, 0.4) is 0 Å². The molecule has 5 rings (SSSR count). The molecule has 0 bridgehead atoms. The first-order chi connectivity index (χ1) is 16.0. The standard InChI is InChI=1S/C25H21BrN2O3S2/c26-20-8-12-22(13-9-20)31-21-10-6-18(7-11-21)25-27-24(17-32-25)19-4-3-5-23(16-19)33(29,30)28-14-1-2-15-28/h3-13,16-17H,1-2,14-15H2. The van der Waals surface area contributed by atoms with Crippen molar-refractivity contribution in [1.29, 1.82) is 0 Å². The number of hydrogen-bond acceptors (Lipinski definition) is 5. The number of ether oxygens (including phenoxy) is 1. The van der Waals surface area contributed by atoms with Gasteiger partial charge in [0.25, 0.3) is 0 Å². The summed E-state index contributed by atoms with van der Waals surface area (Å²) in [5.74, 6) is 1.52. The van der Waals surface area contributed by atoms with Crippen LogP contribution in [0.1, 0.15) is 12.8 Å². The van der Waals surface area contributed by atoms with Gasteiger partial charge in [-0.25, -0.2) is 13.4 Å². The van der Waals surface area contributed by atoms with Crippen LogP contribution < -0.4 is 4.74 Å². The molecule has 0 spiro atoms. The zero-order valence-electron chi connectivity index (χ0n) is 17.6. The predicted octanol–water partition coefficient (Wildman–Crippen LogP) is 6.82. The van der Waals surface area contributed by atoms with Gasteiger partial charge in [-0.2, -0.15) is 4.31 Å². The zero-order valence-corrected chi connectivity index (χ0v) is 20.9. The summed E-state index contributed by atoms with van der Waals surface area (Å²) in [6.45, 7) is 1.18. The topological polar surface area (TPSA) is 59.5 Å². The molecular formula is C25H21BrN2O3S2. The second-order valence-corrected chi connectivity index (χ2v) is 11.5. The van der Waals surface area contributed by atoms with Gasteiger partial charge in [-0.3, -0.25) is 0 Å². The van der Waals surface area contributed by atoms with E-state index < -0.39 is 10.0 Å². The van der Waals surface area contributed by atoms with Gasteiger partial charge in [0, 0.05) is 34.1 Å². The van der Waals surface area contributed by atoms with Crippen LogP contribution in [-0.2, 0) is 10.0 Å². The van der Waals surface area contributed by atoms with Gasteiger partial charge in [-0.15, -0.1) is 11.3 Å². The third-order valence-electron chi connectivity index (χ3n) is 5.49. The summed E-state index contributed by atoms with van der Waals surface area (Å²) in [6.07, 6.45) is 1.84. The Bertz CT molecular complexity index is 1360. The molecule has 0 amide bonds. The van der Waals surface area contributed by atoms with E-state index in [1.165, 1.54) is 11.3 Å². The molecule has 4 aromatic rings. The fourth-order valence-corrected chi connectivity index (χ4v) is 6.40. The molecule has 0 aliphatic carbocycles. The molecule has 8 heteroatoms. The predicted molar refractivity (Wildman–Crippen MR) is 135 cm³/mol. The van der Waals surface area contributed by atoms with E-state index in [1.54, 1.807) is 22.5 Å². The van der Waals surface area contributed by atoms with E-state index in [1.807, 2.05) is 60.0 Å². The molecule has 33 heavy (non-hydrogen) atoms. The number of hydrogen-bond donors (Lipinski definition) is 0. The van der Waals surface area contributed by atoms with E-state index in [2.05, 4.69) is 15.9 Å². The average Bonchev–Trinajstić information content (AvgIpc) is 3.54. The molecule has 1 aliphatic heterocycles. The number of rotatable bonds is 6. The molecule has 1 aromatic heterocycles. The lowest BCUT2D eigenvalue weighted by atomic mass is 10.2. The lowest BCUT2D eigenvalue weighted by Gasteiger charge is -2.15. The van der Waals surface area contributed by atoms with E-state index >= 15 is 0 Å². The molecule has 3 aromatic carbocycles. The van der Waals surface area contributed by atoms with Gasteiger partial charge >= 0.3 is 0 Å². The molecule has 0 atom stereocenters.